The fourth-order valence-electron chi connectivity index (χ4n) is 1.38. The van der Waals surface area contributed by atoms with Crippen molar-refractivity contribution in [3.63, 3.8) is 0 Å². The molecule has 0 aliphatic carbocycles. The van der Waals surface area contributed by atoms with Gasteiger partial charge in [0.1, 0.15) is 6.54 Å². The minimum absolute atomic E-state index is 0.182. The van der Waals surface area contributed by atoms with E-state index in [2.05, 4.69) is 10.6 Å². The molecule has 0 spiro atoms. The van der Waals surface area contributed by atoms with Gasteiger partial charge in [-0.3, -0.25) is 9.59 Å². The summed E-state index contributed by atoms with van der Waals surface area (Å²) in [5.74, 6) is -1.58. The molecule has 0 aromatic heterocycles. The Hall–Kier alpha value is -2.35. The lowest BCUT2D eigenvalue weighted by Gasteiger charge is -2.10. The predicted molar refractivity (Wildman–Crippen MR) is 63.2 cm³/mol. The molecule has 0 unspecified atom stereocenters. The number of rotatable bonds is 2. The number of hydrogen-bond donors (Lipinski definition) is 2. The second-order valence-corrected chi connectivity index (χ2v) is 3.56. The maximum absolute atomic E-state index is 11.5. The van der Waals surface area contributed by atoms with E-state index in [9.17, 15) is 9.59 Å². The molecule has 1 aromatic rings. The third-order valence-corrected chi connectivity index (χ3v) is 2.25. The lowest BCUT2D eigenvalue weighted by Crippen LogP contribution is -2.35. The monoisotopic (exact) mass is 231 g/mol. The van der Waals surface area contributed by atoms with Crippen molar-refractivity contribution in [2.75, 3.05) is 11.9 Å². The van der Waals surface area contributed by atoms with Gasteiger partial charge in [0.05, 0.1) is 6.07 Å². The highest BCUT2D eigenvalue weighted by atomic mass is 16.2. The molecule has 2 N–H and O–H groups in total. The summed E-state index contributed by atoms with van der Waals surface area (Å²) < 4.78 is 0. The van der Waals surface area contributed by atoms with E-state index in [4.69, 9.17) is 5.26 Å². The summed E-state index contributed by atoms with van der Waals surface area (Å²) >= 11 is 0. The molecule has 17 heavy (non-hydrogen) atoms. The smallest absolute Gasteiger partial charge is 0.313 e. The molecule has 0 saturated carbocycles. The van der Waals surface area contributed by atoms with Crippen LogP contribution in [-0.2, 0) is 9.59 Å². The number of anilines is 1. The van der Waals surface area contributed by atoms with Gasteiger partial charge in [-0.25, -0.2) is 0 Å². The van der Waals surface area contributed by atoms with Gasteiger partial charge in [0.25, 0.3) is 0 Å². The number of benzene rings is 1. The number of nitrogens with one attached hydrogen (secondary N) is 2. The topological polar surface area (TPSA) is 82.0 Å². The van der Waals surface area contributed by atoms with Crippen LogP contribution in [0.5, 0.6) is 0 Å². The van der Waals surface area contributed by atoms with E-state index in [1.54, 1.807) is 6.07 Å². The highest BCUT2D eigenvalue weighted by Gasteiger charge is 2.14. The van der Waals surface area contributed by atoms with Crippen LogP contribution >= 0.6 is 0 Å². The van der Waals surface area contributed by atoms with Crippen LogP contribution in [0.1, 0.15) is 11.1 Å². The van der Waals surface area contributed by atoms with Crippen LogP contribution in [0.25, 0.3) is 0 Å². The Morgan fingerprint density at radius 3 is 2.35 bits per heavy atom. The number of nitriles is 1. The zero-order chi connectivity index (χ0) is 12.8. The van der Waals surface area contributed by atoms with E-state index in [-0.39, 0.29) is 6.54 Å². The molecular formula is C12H13N3O2. The summed E-state index contributed by atoms with van der Waals surface area (Å²) in [6, 6.07) is 7.29. The molecule has 1 rings (SSSR count). The zero-order valence-electron chi connectivity index (χ0n) is 9.70. The van der Waals surface area contributed by atoms with Crippen LogP contribution in [0.4, 0.5) is 5.69 Å². The Labute approximate surface area is 99.4 Å². The molecule has 0 heterocycles. The van der Waals surface area contributed by atoms with Crippen LogP contribution < -0.4 is 10.6 Å². The number of carbonyl (C=O) groups is 2. The molecule has 0 saturated heterocycles. The molecule has 0 radical (unpaired) electrons. The zero-order valence-corrected chi connectivity index (χ0v) is 9.70. The van der Waals surface area contributed by atoms with Crippen molar-refractivity contribution in [1.29, 1.82) is 5.26 Å². The third kappa shape index (κ3) is 3.31. The number of amides is 2. The maximum atomic E-state index is 11.5. The lowest BCUT2D eigenvalue weighted by atomic mass is 10.1. The van der Waals surface area contributed by atoms with Crippen LogP contribution in [0, 0.1) is 25.2 Å². The summed E-state index contributed by atoms with van der Waals surface area (Å²) in [7, 11) is 0. The largest absolute Gasteiger partial charge is 0.335 e. The average molecular weight is 231 g/mol. The SMILES string of the molecule is Cc1cccc(C)c1NC(=O)C(=O)NCC#N. The molecular weight excluding hydrogens is 218 g/mol. The van der Waals surface area contributed by atoms with Crippen LogP contribution in [0.15, 0.2) is 18.2 Å². The van der Waals surface area contributed by atoms with Gasteiger partial charge in [0.15, 0.2) is 0 Å². The second-order valence-electron chi connectivity index (χ2n) is 3.56. The summed E-state index contributed by atoms with van der Waals surface area (Å²) in [4.78, 5) is 22.7. The Balaban J connectivity index is 2.75. The molecule has 0 aliphatic rings. The fourth-order valence-corrected chi connectivity index (χ4v) is 1.38. The van der Waals surface area contributed by atoms with E-state index in [0.29, 0.717) is 5.69 Å². The van der Waals surface area contributed by atoms with Crippen LogP contribution in [-0.4, -0.2) is 18.4 Å². The number of aryl methyl sites for hydroxylation is 2. The Morgan fingerprint density at radius 1 is 1.24 bits per heavy atom. The molecule has 0 atom stereocenters. The summed E-state index contributed by atoms with van der Waals surface area (Å²) in [6.45, 7) is 3.50. The molecule has 1 aromatic carbocycles. The summed E-state index contributed by atoms with van der Waals surface area (Å²) in [5, 5.41) is 13.0. The van der Waals surface area contributed by atoms with Crippen molar-refractivity contribution < 1.29 is 9.59 Å². The Bertz CT molecular complexity index is 469. The van der Waals surface area contributed by atoms with Gasteiger partial charge >= 0.3 is 11.8 Å². The number of hydrogen-bond acceptors (Lipinski definition) is 3. The highest BCUT2D eigenvalue weighted by Crippen LogP contribution is 2.18. The van der Waals surface area contributed by atoms with Crippen molar-refractivity contribution >= 4 is 17.5 Å². The van der Waals surface area contributed by atoms with Crippen molar-refractivity contribution in [3.8, 4) is 6.07 Å². The maximum Gasteiger partial charge on any atom is 0.313 e. The van der Waals surface area contributed by atoms with Gasteiger partial charge < -0.3 is 10.6 Å². The summed E-state index contributed by atoms with van der Waals surface area (Å²) in [6.07, 6.45) is 0. The molecule has 0 bridgehead atoms. The van der Waals surface area contributed by atoms with E-state index in [1.807, 2.05) is 32.0 Å². The third-order valence-electron chi connectivity index (χ3n) is 2.25. The van der Waals surface area contributed by atoms with Gasteiger partial charge in [-0.2, -0.15) is 5.26 Å². The van der Waals surface area contributed by atoms with E-state index >= 15 is 0 Å². The standard InChI is InChI=1S/C12H13N3O2/c1-8-4-3-5-9(2)10(8)15-12(17)11(16)14-7-6-13/h3-5H,7H2,1-2H3,(H,14,16)(H,15,17). The molecule has 88 valence electrons. The fraction of sp³-hybridized carbons (Fsp3) is 0.250. The van der Waals surface area contributed by atoms with Gasteiger partial charge in [0.2, 0.25) is 0 Å². The molecule has 0 fully saturated rings. The second kappa shape index (κ2) is 5.66. The van der Waals surface area contributed by atoms with Gasteiger partial charge in [-0.1, -0.05) is 18.2 Å². The van der Waals surface area contributed by atoms with Crippen molar-refractivity contribution in [2.24, 2.45) is 0 Å². The van der Waals surface area contributed by atoms with E-state index < -0.39 is 11.8 Å². The van der Waals surface area contributed by atoms with Crippen molar-refractivity contribution in [1.82, 2.24) is 5.32 Å². The normalized spacial score (nSPS) is 9.24. The Morgan fingerprint density at radius 2 is 1.82 bits per heavy atom. The quantitative estimate of drug-likeness (QED) is 0.585. The van der Waals surface area contributed by atoms with Gasteiger partial charge in [-0.15, -0.1) is 0 Å². The van der Waals surface area contributed by atoms with E-state index in [1.165, 1.54) is 0 Å². The Kier molecular flexibility index (Phi) is 4.23. The first-order valence-corrected chi connectivity index (χ1v) is 5.08. The van der Waals surface area contributed by atoms with Crippen LogP contribution in [0.2, 0.25) is 0 Å². The first kappa shape index (κ1) is 12.7. The first-order valence-electron chi connectivity index (χ1n) is 5.08. The number of nitrogens with zero attached hydrogens (tertiary/aromatic N) is 1. The van der Waals surface area contributed by atoms with E-state index in [0.717, 1.165) is 11.1 Å². The van der Waals surface area contributed by atoms with Gasteiger partial charge in [0, 0.05) is 5.69 Å². The molecule has 2 amide bonds. The highest BCUT2D eigenvalue weighted by molar-refractivity contribution is 6.39. The van der Waals surface area contributed by atoms with Crippen molar-refractivity contribution in [3.05, 3.63) is 29.3 Å². The lowest BCUT2D eigenvalue weighted by molar-refractivity contribution is -0.136. The summed E-state index contributed by atoms with van der Waals surface area (Å²) in [5.41, 5.74) is 2.39. The van der Waals surface area contributed by atoms with Crippen molar-refractivity contribution in [2.45, 2.75) is 13.8 Å². The molecule has 5 nitrogen and oxygen atoms in total. The number of carbonyl (C=O) groups excluding carboxylic acids is 2. The average Bonchev–Trinajstić information content (AvgIpc) is 2.30. The minimum atomic E-state index is -0.811. The first-order chi connectivity index (χ1) is 8.06. The number of para-hydroxylation sites is 1. The molecule has 5 heteroatoms. The predicted octanol–water partition coefficient (Wildman–Crippen LogP) is 0.882. The minimum Gasteiger partial charge on any atom is -0.335 e. The molecule has 0 aliphatic heterocycles. The van der Waals surface area contributed by atoms with Crippen LogP contribution in [0.3, 0.4) is 0 Å². The van der Waals surface area contributed by atoms with Gasteiger partial charge in [-0.05, 0) is 25.0 Å².